The molecule has 0 fully saturated rings. The van der Waals surface area contributed by atoms with Crippen molar-refractivity contribution in [2.45, 2.75) is 20.5 Å². The Bertz CT molecular complexity index is 864. The van der Waals surface area contributed by atoms with E-state index in [-0.39, 0.29) is 5.63 Å². The lowest BCUT2D eigenvalue weighted by Gasteiger charge is -2.08. The Morgan fingerprint density at radius 2 is 2.05 bits per heavy atom. The molecule has 0 saturated heterocycles. The van der Waals surface area contributed by atoms with Gasteiger partial charge in [-0.15, -0.1) is 11.3 Å². The van der Waals surface area contributed by atoms with Gasteiger partial charge in [0.25, 0.3) is 0 Å². The van der Waals surface area contributed by atoms with Crippen molar-refractivity contribution in [3.8, 4) is 5.75 Å². The number of fused-ring (bicyclic) bond motifs is 1. The molecule has 5 heteroatoms. The summed E-state index contributed by atoms with van der Waals surface area (Å²) in [5.74, 6) is 0.691. The van der Waals surface area contributed by atoms with Gasteiger partial charge in [-0.3, -0.25) is 0 Å². The highest BCUT2D eigenvalue weighted by molar-refractivity contribution is 9.11. The average molecular weight is 365 g/mol. The lowest BCUT2D eigenvalue weighted by Crippen LogP contribution is -2.05. The van der Waals surface area contributed by atoms with Crippen molar-refractivity contribution in [2.75, 3.05) is 0 Å². The Morgan fingerprint density at radius 3 is 2.76 bits per heavy atom. The number of rotatable bonds is 3. The van der Waals surface area contributed by atoms with Crippen LogP contribution in [0.15, 0.2) is 42.6 Å². The molecule has 0 bridgehead atoms. The van der Waals surface area contributed by atoms with Gasteiger partial charge in [0.2, 0.25) is 0 Å². The maximum absolute atomic E-state index is 11.7. The quantitative estimate of drug-likeness (QED) is 0.625. The molecule has 0 atom stereocenters. The van der Waals surface area contributed by atoms with E-state index >= 15 is 0 Å². The molecule has 2 heterocycles. The molecular formula is C16H13BrO3S. The van der Waals surface area contributed by atoms with Crippen LogP contribution in [0.1, 0.15) is 16.7 Å². The largest absolute Gasteiger partial charge is 0.489 e. The molecule has 3 rings (SSSR count). The number of ether oxygens (including phenoxy) is 1. The molecular weight excluding hydrogens is 352 g/mol. The Kier molecular flexibility index (Phi) is 3.87. The van der Waals surface area contributed by atoms with Crippen LogP contribution in [0.3, 0.4) is 0 Å². The second-order valence-corrected chi connectivity index (χ2v) is 7.14. The molecule has 2 aromatic heterocycles. The van der Waals surface area contributed by atoms with E-state index < -0.39 is 0 Å². The van der Waals surface area contributed by atoms with Crippen LogP contribution < -0.4 is 10.4 Å². The highest BCUT2D eigenvalue weighted by atomic mass is 79.9. The fourth-order valence-electron chi connectivity index (χ4n) is 2.11. The number of halogens is 1. The van der Waals surface area contributed by atoms with Crippen LogP contribution in [0.4, 0.5) is 0 Å². The normalized spacial score (nSPS) is 11.0. The van der Waals surface area contributed by atoms with Gasteiger partial charge < -0.3 is 9.15 Å². The van der Waals surface area contributed by atoms with Crippen LogP contribution in [-0.2, 0) is 6.61 Å². The van der Waals surface area contributed by atoms with Crippen molar-refractivity contribution in [2.24, 2.45) is 0 Å². The highest BCUT2D eigenvalue weighted by Gasteiger charge is 2.08. The molecule has 3 nitrogen and oxygen atoms in total. The molecule has 108 valence electrons. The van der Waals surface area contributed by atoms with Crippen molar-refractivity contribution in [3.63, 3.8) is 0 Å². The summed E-state index contributed by atoms with van der Waals surface area (Å²) in [6.07, 6.45) is 0. The number of hydrogen-bond acceptors (Lipinski definition) is 4. The minimum Gasteiger partial charge on any atom is -0.489 e. The third-order valence-corrected chi connectivity index (χ3v) is 5.01. The van der Waals surface area contributed by atoms with Gasteiger partial charge in [-0.25, -0.2) is 4.79 Å². The first-order chi connectivity index (χ1) is 10.0. The second kappa shape index (κ2) is 5.66. The predicted molar refractivity (Wildman–Crippen MR) is 88.3 cm³/mol. The van der Waals surface area contributed by atoms with Gasteiger partial charge in [0, 0.05) is 22.6 Å². The highest BCUT2D eigenvalue weighted by Crippen LogP contribution is 2.26. The molecule has 0 radical (unpaired) electrons. The molecule has 0 spiro atoms. The van der Waals surface area contributed by atoms with Crippen molar-refractivity contribution in [1.29, 1.82) is 0 Å². The van der Waals surface area contributed by atoms with Crippen molar-refractivity contribution in [3.05, 3.63) is 60.5 Å². The van der Waals surface area contributed by atoms with E-state index in [0.717, 1.165) is 20.3 Å². The van der Waals surface area contributed by atoms with Crippen LogP contribution in [0.2, 0.25) is 0 Å². The summed E-state index contributed by atoms with van der Waals surface area (Å²) in [5, 5.41) is 2.98. The number of hydrogen-bond donors (Lipinski definition) is 0. The lowest BCUT2D eigenvalue weighted by atomic mass is 10.1. The number of thiophene rings is 1. The van der Waals surface area contributed by atoms with E-state index in [2.05, 4.69) is 15.9 Å². The molecule has 0 N–H and O–H groups in total. The average Bonchev–Trinajstić information content (AvgIpc) is 2.88. The van der Waals surface area contributed by atoms with E-state index in [1.807, 2.05) is 30.5 Å². The van der Waals surface area contributed by atoms with Crippen LogP contribution in [0.25, 0.3) is 11.0 Å². The monoisotopic (exact) mass is 364 g/mol. The zero-order valence-corrected chi connectivity index (χ0v) is 14.0. The summed E-state index contributed by atoms with van der Waals surface area (Å²) in [6, 6.07) is 7.62. The third-order valence-electron chi connectivity index (χ3n) is 3.46. The maximum Gasteiger partial charge on any atom is 0.339 e. The summed E-state index contributed by atoms with van der Waals surface area (Å²) in [5.41, 5.74) is 2.98. The van der Waals surface area contributed by atoms with Gasteiger partial charge in [0.1, 0.15) is 17.9 Å². The summed E-state index contributed by atoms with van der Waals surface area (Å²) in [4.78, 5) is 11.7. The van der Waals surface area contributed by atoms with Gasteiger partial charge in [-0.2, -0.15) is 0 Å². The first-order valence-corrected chi connectivity index (χ1v) is 8.11. The van der Waals surface area contributed by atoms with E-state index in [1.54, 1.807) is 24.3 Å². The molecule has 0 saturated carbocycles. The summed E-state index contributed by atoms with van der Waals surface area (Å²) < 4.78 is 12.2. The molecule has 1 aromatic carbocycles. The van der Waals surface area contributed by atoms with Crippen molar-refractivity contribution < 1.29 is 9.15 Å². The smallest absolute Gasteiger partial charge is 0.339 e. The molecule has 0 aliphatic carbocycles. The lowest BCUT2D eigenvalue weighted by molar-refractivity contribution is 0.306. The zero-order valence-electron chi connectivity index (χ0n) is 11.6. The van der Waals surface area contributed by atoms with Gasteiger partial charge in [0.15, 0.2) is 0 Å². The van der Waals surface area contributed by atoms with Crippen LogP contribution >= 0.6 is 27.3 Å². The van der Waals surface area contributed by atoms with Gasteiger partial charge in [-0.1, -0.05) is 0 Å². The van der Waals surface area contributed by atoms with E-state index in [4.69, 9.17) is 9.15 Å². The molecule has 21 heavy (non-hydrogen) atoms. The fourth-order valence-corrected chi connectivity index (χ4v) is 3.30. The van der Waals surface area contributed by atoms with Gasteiger partial charge >= 0.3 is 5.63 Å². The summed E-state index contributed by atoms with van der Waals surface area (Å²) in [7, 11) is 0. The van der Waals surface area contributed by atoms with Crippen molar-refractivity contribution >= 4 is 38.2 Å². The number of aryl methyl sites for hydroxylation is 1. The van der Waals surface area contributed by atoms with E-state index in [9.17, 15) is 4.79 Å². The first kappa shape index (κ1) is 14.4. The third kappa shape index (κ3) is 2.89. The van der Waals surface area contributed by atoms with Crippen LogP contribution in [0, 0.1) is 13.8 Å². The topological polar surface area (TPSA) is 39.4 Å². The predicted octanol–water partition coefficient (Wildman–Crippen LogP) is 4.81. The standard InChI is InChI=1S/C16H13BrO3S/c1-9-10(2)16(18)20-14-6-12(3-4-13(9)14)19-7-11-5-15(17)21-8-11/h3-6,8H,7H2,1-2H3. The van der Waals surface area contributed by atoms with E-state index in [1.165, 1.54) is 0 Å². The van der Waals surface area contributed by atoms with Crippen molar-refractivity contribution in [1.82, 2.24) is 0 Å². The van der Waals surface area contributed by atoms with E-state index in [0.29, 0.717) is 23.5 Å². The SMILES string of the molecule is Cc1c(C)c2ccc(OCc3csc(Br)c3)cc2oc1=O. The van der Waals surface area contributed by atoms with Gasteiger partial charge in [-0.05, 0) is 58.9 Å². The Morgan fingerprint density at radius 1 is 1.24 bits per heavy atom. The zero-order chi connectivity index (χ0) is 15.0. The van der Waals surface area contributed by atoms with Crippen LogP contribution in [0.5, 0.6) is 5.75 Å². The molecule has 0 aliphatic rings. The summed E-state index contributed by atoms with van der Waals surface area (Å²) >= 11 is 5.05. The fraction of sp³-hybridized carbons (Fsp3) is 0.188. The maximum atomic E-state index is 11.7. The summed E-state index contributed by atoms with van der Waals surface area (Å²) in [6.45, 7) is 4.19. The Labute approximate surface area is 134 Å². The Hall–Kier alpha value is -1.59. The minimum atomic E-state index is -0.293. The number of benzene rings is 1. The Balaban J connectivity index is 1.90. The van der Waals surface area contributed by atoms with Gasteiger partial charge in [0.05, 0.1) is 3.79 Å². The molecule has 0 amide bonds. The molecule has 0 aliphatic heterocycles. The second-order valence-electron chi connectivity index (χ2n) is 4.85. The van der Waals surface area contributed by atoms with Crippen LogP contribution in [-0.4, -0.2) is 0 Å². The molecule has 3 aromatic rings. The minimum absolute atomic E-state index is 0.293. The first-order valence-electron chi connectivity index (χ1n) is 6.44. The molecule has 0 unspecified atom stereocenters.